The lowest BCUT2D eigenvalue weighted by atomic mass is 9.89. The second-order valence-corrected chi connectivity index (χ2v) is 11.8. The number of phenolic OH excluding ortho intramolecular Hbond substituents is 1. The van der Waals surface area contributed by atoms with E-state index in [0.29, 0.717) is 5.75 Å². The predicted octanol–water partition coefficient (Wildman–Crippen LogP) is 4.27. The lowest BCUT2D eigenvalue weighted by Gasteiger charge is -2.38. The number of hydrogen-bond donors (Lipinski definition) is 2. The molecule has 0 amide bonds. The first-order valence-electron chi connectivity index (χ1n) is 9.20. The minimum Gasteiger partial charge on any atom is -0.507 e. The molecule has 0 unspecified atom stereocenters. The van der Waals surface area contributed by atoms with E-state index in [1.165, 1.54) is 21.5 Å². The molecule has 3 nitrogen and oxygen atoms in total. The van der Waals surface area contributed by atoms with Crippen LogP contribution in [0.4, 0.5) is 5.69 Å². The average Bonchev–Trinajstić information content (AvgIpc) is 2.69. The minimum atomic E-state index is -1.92. The first kappa shape index (κ1) is 17.6. The Morgan fingerprint density at radius 1 is 1.00 bits per heavy atom. The topological polar surface area (TPSA) is 44.6 Å². The fraction of sp³-hybridized carbons (Fsp3) is 0.174. The van der Waals surface area contributed by atoms with Crippen molar-refractivity contribution in [2.24, 2.45) is 4.99 Å². The van der Waals surface area contributed by atoms with Crippen molar-refractivity contribution in [1.82, 2.24) is 0 Å². The number of fused-ring (bicyclic) bond motifs is 2. The third kappa shape index (κ3) is 2.68. The number of hydrogen-bond acceptors (Lipinski definition) is 3. The van der Waals surface area contributed by atoms with E-state index in [0.717, 1.165) is 22.5 Å². The molecule has 1 aliphatic heterocycles. The van der Waals surface area contributed by atoms with Crippen molar-refractivity contribution in [2.75, 3.05) is 19.4 Å². The molecular formula is C23H24N2OSi. The molecule has 0 saturated heterocycles. The normalized spacial score (nSPS) is 18.8. The Bertz CT molecular complexity index is 1060. The maximum Gasteiger partial charge on any atom is 0.123 e. The molecule has 0 atom stereocenters. The summed E-state index contributed by atoms with van der Waals surface area (Å²) in [6, 6.07) is 14.2. The quantitative estimate of drug-likeness (QED) is 0.773. The van der Waals surface area contributed by atoms with Crippen molar-refractivity contribution in [3.05, 3.63) is 82.6 Å². The number of nitrogens with zero attached hydrogens (tertiary/aromatic N) is 1. The third-order valence-corrected chi connectivity index (χ3v) is 9.15. The lowest BCUT2D eigenvalue weighted by molar-refractivity contribution is 0.473. The summed E-state index contributed by atoms with van der Waals surface area (Å²) in [7, 11) is 1.86. The third-order valence-electron chi connectivity index (χ3n) is 5.63. The smallest absolute Gasteiger partial charge is 0.123 e. The number of anilines is 1. The standard InChI is InChI=1S/C23H24N2OSi/c1-24-15-9-11-18-21(13-15)27(3,4)22-14-16(25-2)10-12-19(22)23(18)17-7-5-6-8-20(17)26/h5-14,24,26H,1-4H3/b25-16+. The zero-order valence-electron chi connectivity index (χ0n) is 16.2. The van der Waals surface area contributed by atoms with Gasteiger partial charge in [-0.15, -0.1) is 0 Å². The van der Waals surface area contributed by atoms with Crippen molar-refractivity contribution in [1.29, 1.82) is 0 Å². The van der Waals surface area contributed by atoms with Gasteiger partial charge in [0.2, 0.25) is 0 Å². The largest absolute Gasteiger partial charge is 0.507 e. The zero-order chi connectivity index (χ0) is 19.2. The molecule has 0 radical (unpaired) electrons. The zero-order valence-corrected chi connectivity index (χ0v) is 17.2. The highest BCUT2D eigenvalue weighted by molar-refractivity contribution is 6.98. The van der Waals surface area contributed by atoms with Gasteiger partial charge in [-0.3, -0.25) is 4.99 Å². The van der Waals surface area contributed by atoms with E-state index in [4.69, 9.17) is 0 Å². The Labute approximate surface area is 161 Å². The van der Waals surface area contributed by atoms with Crippen LogP contribution in [0.5, 0.6) is 5.75 Å². The van der Waals surface area contributed by atoms with Gasteiger partial charge in [0.25, 0.3) is 0 Å². The second kappa shape index (κ2) is 6.39. The number of allylic oxidation sites excluding steroid dienone is 5. The Kier molecular flexibility index (Phi) is 4.16. The molecule has 0 fully saturated rings. The molecule has 27 heavy (non-hydrogen) atoms. The van der Waals surface area contributed by atoms with Crippen LogP contribution in [0.2, 0.25) is 13.1 Å². The molecule has 0 saturated carbocycles. The Balaban J connectivity index is 2.11. The molecule has 4 rings (SSSR count). The van der Waals surface area contributed by atoms with E-state index in [1.807, 2.05) is 32.3 Å². The SMILES string of the molecule is C/N=C1\C=CC2=C(c3ccccc3O)c3ccc(NC)cc3[Si](C)(C)C2=C1. The van der Waals surface area contributed by atoms with Crippen LogP contribution < -0.4 is 10.5 Å². The lowest BCUT2D eigenvalue weighted by Crippen LogP contribution is -2.49. The predicted molar refractivity (Wildman–Crippen MR) is 118 cm³/mol. The fourth-order valence-electron chi connectivity index (χ4n) is 4.11. The Morgan fingerprint density at radius 2 is 1.78 bits per heavy atom. The van der Waals surface area contributed by atoms with Crippen LogP contribution in [0, 0.1) is 0 Å². The van der Waals surface area contributed by atoms with Crippen LogP contribution in [0.3, 0.4) is 0 Å². The number of nitrogens with one attached hydrogen (secondary N) is 1. The Morgan fingerprint density at radius 3 is 2.48 bits per heavy atom. The van der Waals surface area contributed by atoms with Crippen LogP contribution >= 0.6 is 0 Å². The van der Waals surface area contributed by atoms with E-state index in [-0.39, 0.29) is 0 Å². The van der Waals surface area contributed by atoms with Gasteiger partial charge in [-0.2, -0.15) is 0 Å². The van der Waals surface area contributed by atoms with Crippen molar-refractivity contribution in [3.63, 3.8) is 0 Å². The van der Waals surface area contributed by atoms with Crippen LogP contribution in [0.25, 0.3) is 5.57 Å². The van der Waals surface area contributed by atoms with Crippen LogP contribution in [-0.4, -0.2) is 33.0 Å². The van der Waals surface area contributed by atoms with Gasteiger partial charge in [0, 0.05) is 25.3 Å². The van der Waals surface area contributed by atoms with E-state index in [1.54, 1.807) is 6.07 Å². The van der Waals surface area contributed by atoms with Gasteiger partial charge < -0.3 is 10.4 Å². The molecule has 0 spiro atoms. The summed E-state index contributed by atoms with van der Waals surface area (Å²) in [5.41, 5.74) is 6.54. The van der Waals surface area contributed by atoms with Gasteiger partial charge in [-0.1, -0.05) is 43.4 Å². The maximum absolute atomic E-state index is 10.6. The van der Waals surface area contributed by atoms with Crippen LogP contribution in [0.1, 0.15) is 11.1 Å². The maximum atomic E-state index is 10.6. The van der Waals surface area contributed by atoms with Crippen LogP contribution in [0.15, 0.2) is 76.5 Å². The first-order chi connectivity index (χ1) is 13.0. The average molecular weight is 373 g/mol. The second-order valence-electron chi connectivity index (χ2n) is 7.48. The molecule has 1 aliphatic carbocycles. The van der Waals surface area contributed by atoms with Gasteiger partial charge in [0.05, 0.1) is 5.71 Å². The summed E-state index contributed by atoms with van der Waals surface area (Å²) in [5, 5.41) is 16.6. The summed E-state index contributed by atoms with van der Waals surface area (Å²) in [6.45, 7) is 4.79. The van der Waals surface area contributed by atoms with Crippen molar-refractivity contribution in [3.8, 4) is 5.75 Å². The molecule has 0 aromatic heterocycles. The highest BCUT2D eigenvalue weighted by Gasteiger charge is 2.39. The number of para-hydroxylation sites is 1. The molecular weight excluding hydrogens is 348 g/mol. The summed E-state index contributed by atoms with van der Waals surface area (Å²) < 4.78 is 0. The molecule has 0 bridgehead atoms. The highest BCUT2D eigenvalue weighted by atomic mass is 28.3. The first-order valence-corrected chi connectivity index (χ1v) is 12.2. The number of rotatable bonds is 2. The number of benzene rings is 2. The molecule has 2 aliphatic rings. The molecule has 136 valence electrons. The van der Waals surface area contributed by atoms with E-state index >= 15 is 0 Å². The molecule has 2 aromatic carbocycles. The number of phenols is 1. The summed E-state index contributed by atoms with van der Waals surface area (Å²) in [6.07, 6.45) is 6.47. The van der Waals surface area contributed by atoms with Gasteiger partial charge in [0.15, 0.2) is 0 Å². The van der Waals surface area contributed by atoms with Crippen molar-refractivity contribution < 1.29 is 5.11 Å². The van der Waals surface area contributed by atoms with Gasteiger partial charge in [0.1, 0.15) is 13.8 Å². The summed E-state index contributed by atoms with van der Waals surface area (Å²) in [5.74, 6) is 0.313. The van der Waals surface area contributed by atoms with E-state index in [9.17, 15) is 5.11 Å². The molecule has 1 heterocycles. The highest BCUT2D eigenvalue weighted by Crippen LogP contribution is 2.43. The Hall–Kier alpha value is -2.85. The molecule has 2 N–H and O–H groups in total. The van der Waals surface area contributed by atoms with Gasteiger partial charge in [-0.25, -0.2) is 0 Å². The van der Waals surface area contributed by atoms with Gasteiger partial charge in [-0.05, 0) is 57.4 Å². The monoisotopic (exact) mass is 372 g/mol. The molecule has 2 aromatic rings. The van der Waals surface area contributed by atoms with Crippen molar-refractivity contribution >= 4 is 30.2 Å². The summed E-state index contributed by atoms with van der Waals surface area (Å²) >= 11 is 0. The number of aromatic hydroxyl groups is 1. The molecule has 4 heteroatoms. The van der Waals surface area contributed by atoms with Crippen LogP contribution in [-0.2, 0) is 0 Å². The summed E-state index contributed by atoms with van der Waals surface area (Å²) in [4.78, 5) is 4.40. The van der Waals surface area contributed by atoms with Gasteiger partial charge >= 0.3 is 0 Å². The number of aliphatic imine (C=N–C) groups is 1. The van der Waals surface area contributed by atoms with E-state index < -0.39 is 8.07 Å². The fourth-order valence-corrected chi connectivity index (χ4v) is 7.19. The minimum absolute atomic E-state index is 0.313. The van der Waals surface area contributed by atoms with Crippen molar-refractivity contribution in [2.45, 2.75) is 13.1 Å². The van der Waals surface area contributed by atoms with E-state index in [2.05, 4.69) is 59.8 Å².